The van der Waals surface area contributed by atoms with Crippen molar-refractivity contribution in [1.29, 1.82) is 0 Å². The monoisotopic (exact) mass is 503 g/mol. The number of carbonyl (C=O) groups is 4. The number of rotatable bonds is 8. The molecule has 37 heavy (non-hydrogen) atoms. The Kier molecular flexibility index (Phi) is 7.58. The average molecular weight is 503 g/mol. The van der Waals surface area contributed by atoms with Crippen LogP contribution < -0.4 is 25.0 Å². The van der Waals surface area contributed by atoms with E-state index in [0.29, 0.717) is 29.4 Å². The van der Waals surface area contributed by atoms with Gasteiger partial charge in [0.25, 0.3) is 17.7 Å². The Hall–Kier alpha value is -4.99. The third kappa shape index (κ3) is 6.17. The Morgan fingerprint density at radius 3 is 2.41 bits per heavy atom. The zero-order chi connectivity index (χ0) is 26.4. The van der Waals surface area contributed by atoms with Gasteiger partial charge in [0.1, 0.15) is 22.9 Å². The Morgan fingerprint density at radius 2 is 1.70 bits per heavy atom. The van der Waals surface area contributed by atoms with Crippen molar-refractivity contribution in [2.24, 2.45) is 0 Å². The molecule has 188 valence electrons. The highest BCUT2D eigenvalue weighted by molar-refractivity contribution is 6.39. The van der Waals surface area contributed by atoms with Gasteiger partial charge >= 0.3 is 6.03 Å². The summed E-state index contributed by atoms with van der Waals surface area (Å²) in [7, 11) is 0. The van der Waals surface area contributed by atoms with Gasteiger partial charge in [-0.3, -0.25) is 19.7 Å². The van der Waals surface area contributed by atoms with Crippen LogP contribution in [0.5, 0.6) is 11.5 Å². The van der Waals surface area contributed by atoms with E-state index in [1.54, 1.807) is 42.5 Å². The maximum absolute atomic E-state index is 13.1. The van der Waals surface area contributed by atoms with Crippen LogP contribution in [0, 0.1) is 5.82 Å². The topological polar surface area (TPSA) is 114 Å². The van der Waals surface area contributed by atoms with Crippen molar-refractivity contribution in [3.63, 3.8) is 0 Å². The molecule has 1 saturated heterocycles. The van der Waals surface area contributed by atoms with Crippen LogP contribution in [0.25, 0.3) is 6.08 Å². The van der Waals surface area contributed by atoms with E-state index in [2.05, 4.69) is 10.6 Å². The minimum Gasteiger partial charge on any atom is -0.494 e. The van der Waals surface area contributed by atoms with Crippen molar-refractivity contribution >= 4 is 41.2 Å². The van der Waals surface area contributed by atoms with Crippen molar-refractivity contribution in [2.45, 2.75) is 6.92 Å². The fourth-order valence-electron chi connectivity index (χ4n) is 3.49. The van der Waals surface area contributed by atoms with Crippen LogP contribution in [-0.4, -0.2) is 37.0 Å². The smallest absolute Gasteiger partial charge is 0.335 e. The number of nitrogens with zero attached hydrogens (tertiary/aromatic N) is 1. The number of urea groups is 1. The lowest BCUT2D eigenvalue weighted by molar-refractivity contribution is -0.122. The number of anilines is 2. The largest absolute Gasteiger partial charge is 0.494 e. The van der Waals surface area contributed by atoms with E-state index in [1.165, 1.54) is 36.4 Å². The van der Waals surface area contributed by atoms with E-state index in [0.717, 1.165) is 4.90 Å². The van der Waals surface area contributed by atoms with Crippen LogP contribution in [0.1, 0.15) is 12.5 Å². The van der Waals surface area contributed by atoms with Gasteiger partial charge in [0.15, 0.2) is 6.61 Å². The summed E-state index contributed by atoms with van der Waals surface area (Å²) in [5.74, 6) is -1.61. The Bertz CT molecular complexity index is 1370. The van der Waals surface area contributed by atoms with Crippen LogP contribution in [0.15, 0.2) is 78.4 Å². The van der Waals surface area contributed by atoms with Gasteiger partial charge in [-0.25, -0.2) is 14.1 Å². The summed E-state index contributed by atoms with van der Waals surface area (Å²) in [5.41, 5.74) is 0.881. The quantitative estimate of drug-likeness (QED) is 0.356. The molecule has 0 radical (unpaired) electrons. The summed E-state index contributed by atoms with van der Waals surface area (Å²) in [6.07, 6.45) is 1.33. The molecule has 0 bridgehead atoms. The van der Waals surface area contributed by atoms with Gasteiger partial charge in [0, 0.05) is 5.69 Å². The molecule has 1 heterocycles. The summed E-state index contributed by atoms with van der Waals surface area (Å²) in [4.78, 5) is 51.0. The molecule has 1 fully saturated rings. The molecule has 2 N–H and O–H groups in total. The predicted octanol–water partition coefficient (Wildman–Crippen LogP) is 3.91. The molecule has 0 spiro atoms. The van der Waals surface area contributed by atoms with Crippen LogP contribution in [-0.2, 0) is 14.4 Å². The van der Waals surface area contributed by atoms with Gasteiger partial charge in [-0.1, -0.05) is 12.1 Å². The molecule has 1 aliphatic heterocycles. The van der Waals surface area contributed by atoms with Gasteiger partial charge in [-0.05, 0) is 79.2 Å². The first kappa shape index (κ1) is 25.1. The van der Waals surface area contributed by atoms with Crippen LogP contribution in [0.4, 0.5) is 20.6 Å². The number of carbonyl (C=O) groups excluding carboxylic acids is 4. The minimum atomic E-state index is -0.861. The van der Waals surface area contributed by atoms with E-state index in [9.17, 15) is 23.6 Å². The number of hydrogen-bond acceptors (Lipinski definition) is 6. The predicted molar refractivity (Wildman–Crippen MR) is 134 cm³/mol. The van der Waals surface area contributed by atoms with Crippen molar-refractivity contribution < 1.29 is 33.0 Å². The summed E-state index contributed by atoms with van der Waals surface area (Å²) >= 11 is 0. The number of benzene rings is 3. The fraction of sp³-hybridized carbons (Fsp3) is 0.111. The number of imide groups is 2. The van der Waals surface area contributed by atoms with Gasteiger partial charge in [-0.2, -0.15) is 0 Å². The normalized spacial score (nSPS) is 14.4. The average Bonchev–Trinajstić information content (AvgIpc) is 2.88. The second-order valence-electron chi connectivity index (χ2n) is 7.80. The molecule has 0 unspecified atom stereocenters. The SMILES string of the molecule is CCOc1ccc(N2C(=O)NC(=O)/C(=C\c3cccc(OCC(=O)Nc4ccc(F)cc4)c3)C2=O)cc1. The number of halogens is 1. The molecule has 0 atom stereocenters. The van der Waals surface area contributed by atoms with E-state index in [4.69, 9.17) is 9.47 Å². The highest BCUT2D eigenvalue weighted by Crippen LogP contribution is 2.25. The first-order valence-corrected chi connectivity index (χ1v) is 11.3. The lowest BCUT2D eigenvalue weighted by Gasteiger charge is -2.26. The Labute approximate surface area is 211 Å². The molecule has 1 aliphatic rings. The van der Waals surface area contributed by atoms with E-state index in [-0.39, 0.29) is 17.9 Å². The number of hydrogen-bond donors (Lipinski definition) is 2. The van der Waals surface area contributed by atoms with Crippen molar-refractivity contribution in [1.82, 2.24) is 5.32 Å². The van der Waals surface area contributed by atoms with Crippen molar-refractivity contribution in [3.8, 4) is 11.5 Å². The molecule has 0 saturated carbocycles. The maximum Gasteiger partial charge on any atom is 0.335 e. The van der Waals surface area contributed by atoms with Gasteiger partial charge in [-0.15, -0.1) is 0 Å². The molecule has 3 aromatic carbocycles. The Balaban J connectivity index is 1.47. The molecule has 5 amide bonds. The number of amides is 5. The molecule has 9 nitrogen and oxygen atoms in total. The first-order chi connectivity index (χ1) is 17.8. The molecular weight excluding hydrogens is 481 g/mol. The number of ether oxygens (including phenoxy) is 2. The highest BCUT2D eigenvalue weighted by atomic mass is 19.1. The van der Waals surface area contributed by atoms with Gasteiger partial charge in [0.05, 0.1) is 12.3 Å². The number of nitrogens with one attached hydrogen (secondary N) is 2. The summed E-state index contributed by atoms with van der Waals surface area (Å²) in [5, 5.41) is 4.75. The summed E-state index contributed by atoms with van der Waals surface area (Å²) < 4.78 is 23.9. The Morgan fingerprint density at radius 1 is 0.973 bits per heavy atom. The molecular formula is C27H22FN3O6. The lowest BCUT2D eigenvalue weighted by atomic mass is 10.1. The zero-order valence-electron chi connectivity index (χ0n) is 19.7. The second kappa shape index (κ2) is 11.2. The van der Waals surface area contributed by atoms with E-state index < -0.39 is 29.6 Å². The lowest BCUT2D eigenvalue weighted by Crippen LogP contribution is -2.54. The minimum absolute atomic E-state index is 0.250. The molecule has 3 aromatic rings. The first-order valence-electron chi connectivity index (χ1n) is 11.3. The third-order valence-electron chi connectivity index (χ3n) is 5.17. The fourth-order valence-corrected chi connectivity index (χ4v) is 3.49. The standard InChI is InChI=1S/C27H22FN3O6/c1-2-36-21-12-10-20(11-13-21)31-26(34)23(25(33)30-27(31)35)15-17-4-3-5-22(14-17)37-16-24(32)29-19-8-6-18(28)7-9-19/h3-15H,2,16H2,1H3,(H,29,32)(H,30,33,35)/b23-15+. The van der Waals surface area contributed by atoms with Crippen LogP contribution >= 0.6 is 0 Å². The van der Waals surface area contributed by atoms with E-state index in [1.807, 2.05) is 6.92 Å². The maximum atomic E-state index is 13.1. The molecule has 4 rings (SSSR count). The summed E-state index contributed by atoms with van der Waals surface area (Å²) in [6, 6.07) is 17.2. The van der Waals surface area contributed by atoms with Gasteiger partial charge < -0.3 is 14.8 Å². The van der Waals surface area contributed by atoms with E-state index >= 15 is 0 Å². The number of barbiturate groups is 1. The molecule has 0 aliphatic carbocycles. The van der Waals surface area contributed by atoms with Gasteiger partial charge in [0.2, 0.25) is 0 Å². The summed E-state index contributed by atoms with van der Waals surface area (Å²) in [6.45, 7) is 1.98. The second-order valence-corrected chi connectivity index (χ2v) is 7.80. The zero-order valence-corrected chi connectivity index (χ0v) is 19.7. The molecule has 0 aromatic heterocycles. The van der Waals surface area contributed by atoms with Crippen LogP contribution in [0.2, 0.25) is 0 Å². The molecule has 10 heteroatoms. The van der Waals surface area contributed by atoms with Crippen molar-refractivity contribution in [2.75, 3.05) is 23.4 Å². The van der Waals surface area contributed by atoms with Crippen molar-refractivity contribution in [3.05, 3.63) is 89.8 Å². The third-order valence-corrected chi connectivity index (χ3v) is 5.17. The van der Waals surface area contributed by atoms with Crippen LogP contribution in [0.3, 0.4) is 0 Å². The highest BCUT2D eigenvalue weighted by Gasteiger charge is 2.36.